The zero-order valence-electron chi connectivity index (χ0n) is 10.9. The van der Waals surface area contributed by atoms with Crippen LogP contribution in [0.5, 0.6) is 0 Å². The molecule has 98 valence electrons. The van der Waals surface area contributed by atoms with Gasteiger partial charge >= 0.3 is 0 Å². The first-order chi connectivity index (χ1) is 9.31. The topological polar surface area (TPSA) is 84.3 Å². The SMILES string of the molecule is CCCn1cc(-c2nc(NC)nc3[nH]ncc23)cn1. The van der Waals surface area contributed by atoms with Gasteiger partial charge in [0.15, 0.2) is 5.65 Å². The van der Waals surface area contributed by atoms with Crippen LogP contribution in [0.2, 0.25) is 0 Å². The monoisotopic (exact) mass is 257 g/mol. The van der Waals surface area contributed by atoms with Crippen molar-refractivity contribution < 1.29 is 0 Å². The van der Waals surface area contributed by atoms with E-state index < -0.39 is 0 Å². The van der Waals surface area contributed by atoms with E-state index in [1.165, 1.54) is 0 Å². The van der Waals surface area contributed by atoms with Crippen molar-refractivity contribution >= 4 is 17.0 Å². The Hall–Kier alpha value is -2.44. The highest BCUT2D eigenvalue weighted by Gasteiger charge is 2.12. The zero-order chi connectivity index (χ0) is 13.2. The van der Waals surface area contributed by atoms with Gasteiger partial charge < -0.3 is 5.32 Å². The maximum atomic E-state index is 4.50. The van der Waals surface area contributed by atoms with Crippen LogP contribution in [0.25, 0.3) is 22.3 Å². The van der Waals surface area contributed by atoms with Crippen LogP contribution in [0.4, 0.5) is 5.95 Å². The van der Waals surface area contributed by atoms with Crippen LogP contribution in [0.1, 0.15) is 13.3 Å². The Balaban J connectivity index is 2.13. The number of aryl methyl sites for hydroxylation is 1. The first-order valence-corrected chi connectivity index (χ1v) is 6.23. The van der Waals surface area contributed by atoms with E-state index in [-0.39, 0.29) is 0 Å². The molecule has 0 aliphatic carbocycles. The Bertz CT molecular complexity index is 697. The Morgan fingerprint density at radius 3 is 3.00 bits per heavy atom. The number of rotatable bonds is 4. The Morgan fingerprint density at radius 1 is 1.32 bits per heavy atom. The van der Waals surface area contributed by atoms with Gasteiger partial charge in [-0.3, -0.25) is 9.78 Å². The van der Waals surface area contributed by atoms with Gasteiger partial charge in [-0.1, -0.05) is 6.92 Å². The molecule has 0 bridgehead atoms. The highest BCUT2D eigenvalue weighted by atomic mass is 15.3. The van der Waals surface area contributed by atoms with Gasteiger partial charge in [-0.05, 0) is 6.42 Å². The van der Waals surface area contributed by atoms with Crippen LogP contribution in [0.15, 0.2) is 18.6 Å². The fraction of sp³-hybridized carbons (Fsp3) is 0.333. The number of nitrogens with one attached hydrogen (secondary N) is 2. The predicted molar refractivity (Wildman–Crippen MR) is 72.7 cm³/mol. The molecule has 0 saturated heterocycles. The predicted octanol–water partition coefficient (Wildman–Crippen LogP) is 1.67. The summed E-state index contributed by atoms with van der Waals surface area (Å²) in [6.07, 6.45) is 6.61. The molecule has 19 heavy (non-hydrogen) atoms. The molecule has 3 rings (SSSR count). The average Bonchev–Trinajstić information content (AvgIpc) is 3.06. The first-order valence-electron chi connectivity index (χ1n) is 6.23. The molecule has 0 aliphatic heterocycles. The van der Waals surface area contributed by atoms with Crippen molar-refractivity contribution in [3.05, 3.63) is 18.6 Å². The molecular weight excluding hydrogens is 242 g/mol. The van der Waals surface area contributed by atoms with E-state index in [0.29, 0.717) is 5.95 Å². The summed E-state index contributed by atoms with van der Waals surface area (Å²) in [5.41, 5.74) is 2.53. The molecule has 3 aromatic rings. The average molecular weight is 257 g/mol. The van der Waals surface area contributed by atoms with Crippen LogP contribution in [-0.2, 0) is 6.54 Å². The summed E-state index contributed by atoms with van der Waals surface area (Å²) in [4.78, 5) is 8.82. The van der Waals surface area contributed by atoms with Crippen molar-refractivity contribution in [3.63, 3.8) is 0 Å². The van der Waals surface area contributed by atoms with Gasteiger partial charge in [0.05, 0.1) is 23.5 Å². The lowest BCUT2D eigenvalue weighted by molar-refractivity contribution is 0.603. The largest absolute Gasteiger partial charge is 0.357 e. The molecule has 0 radical (unpaired) electrons. The number of nitrogens with zero attached hydrogens (tertiary/aromatic N) is 5. The quantitative estimate of drug-likeness (QED) is 0.742. The van der Waals surface area contributed by atoms with Crippen molar-refractivity contribution in [1.82, 2.24) is 29.9 Å². The normalized spacial score (nSPS) is 11.1. The molecule has 7 heteroatoms. The minimum atomic E-state index is 0.565. The van der Waals surface area contributed by atoms with E-state index in [1.54, 1.807) is 13.2 Å². The smallest absolute Gasteiger partial charge is 0.225 e. The minimum Gasteiger partial charge on any atom is -0.357 e. The van der Waals surface area contributed by atoms with Crippen LogP contribution >= 0.6 is 0 Å². The highest BCUT2D eigenvalue weighted by Crippen LogP contribution is 2.25. The molecule has 0 fully saturated rings. The van der Waals surface area contributed by atoms with Gasteiger partial charge in [0, 0.05) is 25.4 Å². The van der Waals surface area contributed by atoms with Crippen LogP contribution < -0.4 is 5.32 Å². The molecule has 0 unspecified atom stereocenters. The van der Waals surface area contributed by atoms with E-state index in [4.69, 9.17) is 0 Å². The fourth-order valence-corrected chi connectivity index (χ4v) is 2.00. The number of aromatic nitrogens is 6. The third kappa shape index (κ3) is 2.03. The summed E-state index contributed by atoms with van der Waals surface area (Å²) in [5.74, 6) is 0.565. The molecule has 3 heterocycles. The number of hydrogen-bond acceptors (Lipinski definition) is 5. The molecular formula is C12H15N7. The van der Waals surface area contributed by atoms with Crippen molar-refractivity contribution in [1.29, 1.82) is 0 Å². The van der Waals surface area contributed by atoms with Gasteiger partial charge in [-0.15, -0.1) is 0 Å². The number of H-pyrrole nitrogens is 1. The summed E-state index contributed by atoms with van der Waals surface area (Å²) in [6, 6.07) is 0. The third-order valence-corrected chi connectivity index (χ3v) is 2.89. The number of aromatic amines is 1. The molecule has 3 aromatic heterocycles. The van der Waals surface area contributed by atoms with Gasteiger partial charge in [-0.2, -0.15) is 15.2 Å². The standard InChI is InChI=1S/C12H15N7/c1-3-4-19-7-8(5-15-19)10-9-6-14-18-11(9)17-12(13-2)16-10/h5-7H,3-4H2,1-2H3,(H2,13,14,16,17,18). The maximum Gasteiger partial charge on any atom is 0.225 e. The van der Waals surface area contributed by atoms with Crippen molar-refractivity contribution in [3.8, 4) is 11.3 Å². The molecule has 0 saturated carbocycles. The summed E-state index contributed by atoms with van der Waals surface area (Å²) in [6.45, 7) is 3.03. The Morgan fingerprint density at radius 2 is 2.21 bits per heavy atom. The van der Waals surface area contributed by atoms with Crippen molar-refractivity contribution in [2.24, 2.45) is 0 Å². The first kappa shape index (κ1) is 11.6. The van der Waals surface area contributed by atoms with E-state index in [1.807, 2.05) is 17.1 Å². The van der Waals surface area contributed by atoms with E-state index in [9.17, 15) is 0 Å². The highest BCUT2D eigenvalue weighted by molar-refractivity contribution is 5.90. The van der Waals surface area contributed by atoms with Crippen LogP contribution in [0, 0.1) is 0 Å². The third-order valence-electron chi connectivity index (χ3n) is 2.89. The van der Waals surface area contributed by atoms with Gasteiger partial charge in [-0.25, -0.2) is 4.98 Å². The molecule has 7 nitrogen and oxygen atoms in total. The number of hydrogen-bond donors (Lipinski definition) is 2. The molecule has 0 atom stereocenters. The summed E-state index contributed by atoms with van der Waals surface area (Å²) in [7, 11) is 1.79. The second kappa shape index (κ2) is 4.68. The molecule has 0 aromatic carbocycles. The number of fused-ring (bicyclic) bond motifs is 1. The molecule has 0 aliphatic rings. The maximum absolute atomic E-state index is 4.50. The molecule has 0 spiro atoms. The zero-order valence-corrected chi connectivity index (χ0v) is 10.9. The minimum absolute atomic E-state index is 0.565. The number of anilines is 1. The Kier molecular flexibility index (Phi) is 2.86. The lowest BCUT2D eigenvalue weighted by Crippen LogP contribution is -1.98. The second-order valence-corrected chi connectivity index (χ2v) is 4.27. The van der Waals surface area contributed by atoms with E-state index in [2.05, 4.69) is 37.5 Å². The molecule has 0 amide bonds. The molecule has 2 N–H and O–H groups in total. The van der Waals surface area contributed by atoms with Crippen molar-refractivity contribution in [2.75, 3.05) is 12.4 Å². The second-order valence-electron chi connectivity index (χ2n) is 4.27. The lowest BCUT2D eigenvalue weighted by atomic mass is 10.2. The Labute approximate surface area is 110 Å². The van der Waals surface area contributed by atoms with Crippen LogP contribution in [-0.4, -0.2) is 37.0 Å². The van der Waals surface area contributed by atoms with Gasteiger partial charge in [0.1, 0.15) is 0 Å². The lowest BCUT2D eigenvalue weighted by Gasteiger charge is -2.02. The van der Waals surface area contributed by atoms with Gasteiger partial charge in [0.2, 0.25) is 5.95 Å². The van der Waals surface area contributed by atoms with Crippen LogP contribution in [0.3, 0.4) is 0 Å². The van der Waals surface area contributed by atoms with E-state index >= 15 is 0 Å². The summed E-state index contributed by atoms with van der Waals surface area (Å²) in [5, 5.41) is 15.1. The van der Waals surface area contributed by atoms with Crippen molar-refractivity contribution in [2.45, 2.75) is 19.9 Å². The fourth-order valence-electron chi connectivity index (χ4n) is 2.00. The van der Waals surface area contributed by atoms with E-state index in [0.717, 1.165) is 35.3 Å². The summed E-state index contributed by atoms with van der Waals surface area (Å²) < 4.78 is 1.92. The van der Waals surface area contributed by atoms with Gasteiger partial charge in [0.25, 0.3) is 0 Å². The summed E-state index contributed by atoms with van der Waals surface area (Å²) >= 11 is 0.